The Morgan fingerprint density at radius 3 is 2.40 bits per heavy atom. The van der Waals surface area contributed by atoms with Gasteiger partial charge in [0, 0.05) is 5.54 Å². The minimum absolute atomic E-state index is 0.190. The second-order valence-corrected chi connectivity index (χ2v) is 8.24. The van der Waals surface area contributed by atoms with E-state index >= 15 is 0 Å². The smallest absolute Gasteiger partial charge is 0.155 e. The van der Waals surface area contributed by atoms with Gasteiger partial charge >= 0.3 is 0 Å². The first-order valence-electron chi connectivity index (χ1n) is 9.34. The van der Waals surface area contributed by atoms with E-state index in [1.165, 1.54) is 38.5 Å². The number of nitrogens with zero attached hydrogens (tertiary/aromatic N) is 2. The molecule has 25 heavy (non-hydrogen) atoms. The fourth-order valence-corrected chi connectivity index (χ4v) is 5.73. The quantitative estimate of drug-likeness (QED) is 0.770. The monoisotopic (exact) mass is 339 g/mol. The Morgan fingerprint density at radius 1 is 1.08 bits per heavy atom. The minimum Gasteiger partial charge on any atom is -0.467 e. The first kappa shape index (κ1) is 15.0. The summed E-state index contributed by atoms with van der Waals surface area (Å²) in [6, 6.07) is 3.80. The van der Waals surface area contributed by atoms with Crippen LogP contribution in [0.5, 0.6) is 0 Å². The minimum atomic E-state index is 0.190. The van der Waals surface area contributed by atoms with Crippen molar-refractivity contribution in [3.63, 3.8) is 0 Å². The first-order valence-corrected chi connectivity index (χ1v) is 9.34. The van der Waals surface area contributed by atoms with E-state index in [4.69, 9.17) is 10.2 Å². The van der Waals surface area contributed by atoms with E-state index < -0.39 is 0 Å². The average Bonchev–Trinajstić information content (AvgIpc) is 3.08. The summed E-state index contributed by atoms with van der Waals surface area (Å²) < 4.78 is 5.35. The van der Waals surface area contributed by atoms with Gasteiger partial charge in [-0.2, -0.15) is 0 Å². The lowest BCUT2D eigenvalue weighted by atomic mass is 9.53. The molecule has 6 nitrogen and oxygen atoms in total. The van der Waals surface area contributed by atoms with Gasteiger partial charge in [-0.1, -0.05) is 0 Å². The predicted molar refractivity (Wildman–Crippen MR) is 97.0 cm³/mol. The second-order valence-electron chi connectivity index (χ2n) is 8.24. The maximum Gasteiger partial charge on any atom is 0.155 e. The highest BCUT2D eigenvalue weighted by atomic mass is 16.3. The Hall–Kier alpha value is -2.24. The summed E-state index contributed by atoms with van der Waals surface area (Å²) in [6.45, 7) is 0.561. The van der Waals surface area contributed by atoms with Crippen LogP contribution < -0.4 is 16.4 Å². The molecular formula is C19H25N5O. The fourth-order valence-electron chi connectivity index (χ4n) is 5.73. The van der Waals surface area contributed by atoms with E-state index in [0.29, 0.717) is 18.1 Å². The predicted octanol–water partition coefficient (Wildman–Crippen LogP) is 3.64. The molecule has 6 rings (SSSR count). The standard InChI is InChI=1S/C19H25N5O/c20-16-17(21-10-15-2-1-3-25-15)22-11-23-18(16)24-19-7-12-4-13(8-19)6-14(5-12)9-19/h1-3,11-14H,4-10,20H2,(H2,21,22,23,24). The first-order chi connectivity index (χ1) is 12.2. The van der Waals surface area contributed by atoms with Crippen LogP contribution in [0.25, 0.3) is 0 Å². The molecule has 4 saturated carbocycles. The summed E-state index contributed by atoms with van der Waals surface area (Å²) in [5.74, 6) is 4.96. The Morgan fingerprint density at radius 2 is 1.76 bits per heavy atom. The molecule has 2 aromatic heterocycles. The number of hydrogen-bond donors (Lipinski definition) is 3. The molecule has 0 aromatic carbocycles. The number of hydrogen-bond acceptors (Lipinski definition) is 6. The summed E-state index contributed by atoms with van der Waals surface area (Å²) in [6.07, 6.45) is 11.3. The summed E-state index contributed by atoms with van der Waals surface area (Å²) in [7, 11) is 0. The number of nitrogen functional groups attached to an aromatic ring is 1. The third-order valence-corrected chi connectivity index (χ3v) is 6.32. The Kier molecular flexibility index (Phi) is 3.40. The van der Waals surface area contributed by atoms with Crippen LogP contribution >= 0.6 is 0 Å². The van der Waals surface area contributed by atoms with Gasteiger partial charge in [0.05, 0.1) is 12.8 Å². The van der Waals surface area contributed by atoms with Gasteiger partial charge in [0.15, 0.2) is 11.6 Å². The Bertz CT molecular complexity index is 722. The number of nitrogens with one attached hydrogen (secondary N) is 2. The number of anilines is 3. The zero-order chi connectivity index (χ0) is 16.9. The van der Waals surface area contributed by atoms with Crippen molar-refractivity contribution in [3.05, 3.63) is 30.5 Å². The molecular weight excluding hydrogens is 314 g/mol. The molecule has 4 aliphatic carbocycles. The highest BCUT2D eigenvalue weighted by molar-refractivity contribution is 5.74. The zero-order valence-corrected chi connectivity index (χ0v) is 14.4. The van der Waals surface area contributed by atoms with Gasteiger partial charge < -0.3 is 20.8 Å². The van der Waals surface area contributed by atoms with Gasteiger partial charge in [0.2, 0.25) is 0 Å². The van der Waals surface area contributed by atoms with Crippen molar-refractivity contribution in [3.8, 4) is 0 Å². The molecule has 4 fully saturated rings. The molecule has 0 atom stereocenters. The van der Waals surface area contributed by atoms with Gasteiger partial charge in [-0.05, 0) is 68.4 Å². The SMILES string of the molecule is Nc1c(NCc2ccco2)ncnc1NC12CC3CC(CC(C3)C1)C2. The third kappa shape index (κ3) is 2.73. The van der Waals surface area contributed by atoms with Crippen LogP contribution in [-0.2, 0) is 6.54 Å². The zero-order valence-electron chi connectivity index (χ0n) is 14.4. The van der Waals surface area contributed by atoms with Gasteiger partial charge in [-0.3, -0.25) is 0 Å². The third-order valence-electron chi connectivity index (χ3n) is 6.32. The Labute approximate surface area is 147 Å². The normalized spacial score (nSPS) is 32.7. The van der Waals surface area contributed by atoms with E-state index in [9.17, 15) is 0 Å². The van der Waals surface area contributed by atoms with Crippen LogP contribution in [0.1, 0.15) is 44.3 Å². The van der Waals surface area contributed by atoms with E-state index in [0.717, 1.165) is 29.3 Å². The van der Waals surface area contributed by atoms with Gasteiger partial charge in [0.25, 0.3) is 0 Å². The van der Waals surface area contributed by atoms with Crippen molar-refractivity contribution in [2.75, 3.05) is 16.4 Å². The second kappa shape index (κ2) is 5.64. The van der Waals surface area contributed by atoms with Crippen molar-refractivity contribution >= 4 is 17.3 Å². The summed E-state index contributed by atoms with van der Waals surface area (Å²) in [5.41, 5.74) is 7.16. The lowest BCUT2D eigenvalue weighted by molar-refractivity contribution is 0.0106. The van der Waals surface area contributed by atoms with Crippen molar-refractivity contribution < 1.29 is 4.42 Å². The van der Waals surface area contributed by atoms with Crippen LogP contribution in [0.2, 0.25) is 0 Å². The molecule has 0 saturated heterocycles. The van der Waals surface area contributed by atoms with Crippen LogP contribution in [0, 0.1) is 17.8 Å². The van der Waals surface area contributed by atoms with Crippen LogP contribution in [0.4, 0.5) is 17.3 Å². The van der Waals surface area contributed by atoms with E-state index in [1.807, 2.05) is 12.1 Å². The van der Waals surface area contributed by atoms with Crippen molar-refractivity contribution in [1.82, 2.24) is 9.97 Å². The molecule has 0 radical (unpaired) electrons. The topological polar surface area (TPSA) is 89.0 Å². The van der Waals surface area contributed by atoms with E-state index in [1.54, 1.807) is 12.6 Å². The highest BCUT2D eigenvalue weighted by Crippen LogP contribution is 2.56. The highest BCUT2D eigenvalue weighted by Gasteiger charge is 2.51. The summed E-state index contributed by atoms with van der Waals surface area (Å²) >= 11 is 0. The number of rotatable bonds is 5. The van der Waals surface area contributed by atoms with Gasteiger partial charge in [-0.15, -0.1) is 0 Å². The van der Waals surface area contributed by atoms with Gasteiger partial charge in [-0.25, -0.2) is 9.97 Å². The van der Waals surface area contributed by atoms with Crippen LogP contribution in [-0.4, -0.2) is 15.5 Å². The maximum atomic E-state index is 6.37. The molecule has 0 amide bonds. The average molecular weight is 339 g/mol. The molecule has 2 heterocycles. The largest absolute Gasteiger partial charge is 0.467 e. The molecule has 2 aromatic rings. The maximum absolute atomic E-state index is 6.37. The lowest BCUT2D eigenvalue weighted by Crippen LogP contribution is -2.55. The van der Waals surface area contributed by atoms with Crippen LogP contribution in [0.15, 0.2) is 29.1 Å². The number of furan rings is 1. The van der Waals surface area contributed by atoms with Crippen molar-refractivity contribution in [1.29, 1.82) is 0 Å². The molecule has 0 aliphatic heterocycles. The molecule has 132 valence electrons. The molecule has 4 aliphatic rings. The fraction of sp³-hybridized carbons (Fsp3) is 0.579. The summed E-state index contributed by atoms with van der Waals surface area (Å²) in [4.78, 5) is 8.75. The lowest BCUT2D eigenvalue weighted by Gasteiger charge is -2.57. The molecule has 4 bridgehead atoms. The molecule has 0 spiro atoms. The van der Waals surface area contributed by atoms with Gasteiger partial charge in [0.1, 0.15) is 17.8 Å². The molecule has 0 unspecified atom stereocenters. The number of nitrogens with two attached hydrogens (primary N) is 1. The van der Waals surface area contributed by atoms with Crippen LogP contribution in [0.3, 0.4) is 0 Å². The van der Waals surface area contributed by atoms with E-state index in [2.05, 4.69) is 20.6 Å². The Balaban J connectivity index is 1.35. The number of aromatic nitrogens is 2. The molecule has 4 N–H and O–H groups in total. The summed E-state index contributed by atoms with van der Waals surface area (Å²) in [5, 5.41) is 7.00. The van der Waals surface area contributed by atoms with E-state index in [-0.39, 0.29) is 5.54 Å². The molecule has 6 heteroatoms. The van der Waals surface area contributed by atoms with Crippen molar-refractivity contribution in [2.24, 2.45) is 17.8 Å². The van der Waals surface area contributed by atoms with Crippen molar-refractivity contribution in [2.45, 2.75) is 50.6 Å².